The zero-order chi connectivity index (χ0) is 15.4. The predicted octanol–water partition coefficient (Wildman–Crippen LogP) is 2.89. The Balaban J connectivity index is 2.28. The van der Waals surface area contributed by atoms with Crippen LogP contribution in [0.2, 0.25) is 0 Å². The highest BCUT2D eigenvalue weighted by Crippen LogP contribution is 2.24. The minimum absolute atomic E-state index is 0.100. The lowest BCUT2D eigenvalue weighted by molar-refractivity contribution is 0.102. The van der Waals surface area contributed by atoms with E-state index in [1.54, 1.807) is 30.5 Å². The van der Waals surface area contributed by atoms with Gasteiger partial charge in [-0.05, 0) is 31.2 Å². The van der Waals surface area contributed by atoms with Crippen LogP contribution in [0.15, 0.2) is 45.8 Å². The minimum Gasteiger partial charge on any atom is -0.496 e. The fraction of sp³-hybridized carbons (Fsp3) is 0.200. The molecule has 1 amide bonds. The van der Waals surface area contributed by atoms with Gasteiger partial charge in [0.05, 0.1) is 18.4 Å². The molecule has 0 aliphatic rings. The van der Waals surface area contributed by atoms with Gasteiger partial charge in [-0.2, -0.15) is 0 Å². The quantitative estimate of drug-likeness (QED) is 0.922. The molecular formula is C15H15BrN2O3. The lowest BCUT2D eigenvalue weighted by Gasteiger charge is -2.11. The first-order valence-electron chi connectivity index (χ1n) is 6.40. The summed E-state index contributed by atoms with van der Waals surface area (Å²) in [6.45, 7) is 2.41. The molecule has 1 heterocycles. The SMILES string of the molecule is CCn1cc(NC(=O)c2ccc(Br)cc2OC)ccc1=O. The summed E-state index contributed by atoms with van der Waals surface area (Å²) in [5.74, 6) is 0.186. The number of benzene rings is 1. The van der Waals surface area contributed by atoms with Gasteiger partial charge in [-0.25, -0.2) is 0 Å². The van der Waals surface area contributed by atoms with Crippen molar-refractivity contribution < 1.29 is 9.53 Å². The molecule has 0 atom stereocenters. The minimum atomic E-state index is -0.291. The molecule has 1 aromatic heterocycles. The van der Waals surface area contributed by atoms with Crippen LogP contribution in [0.25, 0.3) is 0 Å². The highest BCUT2D eigenvalue weighted by atomic mass is 79.9. The van der Waals surface area contributed by atoms with Gasteiger partial charge in [0.15, 0.2) is 0 Å². The standard InChI is InChI=1S/C15H15BrN2O3/c1-3-18-9-11(5-7-14(18)19)17-15(20)12-6-4-10(16)8-13(12)21-2/h4-9H,3H2,1-2H3,(H,17,20). The second-order valence-electron chi connectivity index (χ2n) is 4.34. The molecule has 0 saturated carbocycles. The number of ether oxygens (including phenoxy) is 1. The first-order chi connectivity index (χ1) is 10.0. The van der Waals surface area contributed by atoms with Gasteiger partial charge in [0, 0.05) is 23.3 Å². The molecule has 0 aliphatic carbocycles. The van der Waals surface area contributed by atoms with Gasteiger partial charge in [-0.15, -0.1) is 0 Å². The molecule has 0 saturated heterocycles. The molecular weight excluding hydrogens is 336 g/mol. The summed E-state index contributed by atoms with van der Waals surface area (Å²) >= 11 is 3.33. The van der Waals surface area contributed by atoms with Gasteiger partial charge < -0.3 is 14.6 Å². The number of anilines is 1. The first-order valence-corrected chi connectivity index (χ1v) is 7.20. The fourth-order valence-electron chi connectivity index (χ4n) is 1.90. The smallest absolute Gasteiger partial charge is 0.259 e. The predicted molar refractivity (Wildman–Crippen MR) is 85.0 cm³/mol. The van der Waals surface area contributed by atoms with E-state index in [0.717, 1.165) is 4.47 Å². The summed E-state index contributed by atoms with van der Waals surface area (Å²) in [6, 6.07) is 8.18. The Hall–Kier alpha value is -2.08. The van der Waals surface area contributed by atoms with Crippen molar-refractivity contribution in [3.63, 3.8) is 0 Å². The Morgan fingerprint density at radius 1 is 1.33 bits per heavy atom. The van der Waals surface area contributed by atoms with Crippen LogP contribution in [0, 0.1) is 0 Å². The van der Waals surface area contributed by atoms with E-state index in [1.165, 1.54) is 17.7 Å². The number of hydrogen-bond donors (Lipinski definition) is 1. The molecule has 21 heavy (non-hydrogen) atoms. The molecule has 0 radical (unpaired) electrons. The monoisotopic (exact) mass is 350 g/mol. The van der Waals surface area contributed by atoms with Crippen molar-refractivity contribution in [3.8, 4) is 5.75 Å². The van der Waals surface area contributed by atoms with Gasteiger partial charge in [0.2, 0.25) is 0 Å². The number of aromatic nitrogens is 1. The topological polar surface area (TPSA) is 60.3 Å². The van der Waals surface area contributed by atoms with Crippen molar-refractivity contribution in [2.45, 2.75) is 13.5 Å². The van der Waals surface area contributed by atoms with E-state index in [4.69, 9.17) is 4.74 Å². The zero-order valence-electron chi connectivity index (χ0n) is 11.7. The maximum absolute atomic E-state index is 12.3. The summed E-state index contributed by atoms with van der Waals surface area (Å²) in [5, 5.41) is 2.76. The number of carbonyl (C=O) groups is 1. The van der Waals surface area contributed by atoms with E-state index in [0.29, 0.717) is 23.5 Å². The summed E-state index contributed by atoms with van der Waals surface area (Å²) in [7, 11) is 1.51. The van der Waals surface area contributed by atoms with E-state index in [2.05, 4.69) is 21.2 Å². The molecule has 0 fully saturated rings. The average Bonchev–Trinajstić information content (AvgIpc) is 2.48. The van der Waals surface area contributed by atoms with Crippen molar-refractivity contribution in [2.24, 2.45) is 0 Å². The van der Waals surface area contributed by atoms with E-state index in [-0.39, 0.29) is 11.5 Å². The van der Waals surface area contributed by atoms with E-state index < -0.39 is 0 Å². The summed E-state index contributed by atoms with van der Waals surface area (Å²) < 4.78 is 7.55. The van der Waals surface area contributed by atoms with Crippen LogP contribution in [-0.4, -0.2) is 17.6 Å². The second kappa shape index (κ2) is 6.58. The van der Waals surface area contributed by atoms with Crippen LogP contribution in [0.3, 0.4) is 0 Å². The van der Waals surface area contributed by atoms with Crippen LogP contribution < -0.4 is 15.6 Å². The van der Waals surface area contributed by atoms with Gasteiger partial charge in [0.1, 0.15) is 5.75 Å². The normalized spacial score (nSPS) is 10.2. The third-order valence-electron chi connectivity index (χ3n) is 2.99. The van der Waals surface area contributed by atoms with Crippen LogP contribution in [-0.2, 0) is 6.54 Å². The third-order valence-corrected chi connectivity index (χ3v) is 3.48. The molecule has 0 aliphatic heterocycles. The molecule has 110 valence electrons. The highest BCUT2D eigenvalue weighted by Gasteiger charge is 2.13. The average molecular weight is 351 g/mol. The van der Waals surface area contributed by atoms with Gasteiger partial charge in [0.25, 0.3) is 11.5 Å². The van der Waals surface area contributed by atoms with Crippen LogP contribution >= 0.6 is 15.9 Å². The molecule has 0 bridgehead atoms. The number of methoxy groups -OCH3 is 1. The van der Waals surface area contributed by atoms with Gasteiger partial charge in [-0.3, -0.25) is 9.59 Å². The second-order valence-corrected chi connectivity index (χ2v) is 5.26. The maximum atomic E-state index is 12.3. The maximum Gasteiger partial charge on any atom is 0.259 e. The first kappa shape index (κ1) is 15.3. The van der Waals surface area contributed by atoms with Crippen molar-refractivity contribution in [2.75, 3.05) is 12.4 Å². The van der Waals surface area contributed by atoms with Crippen LogP contribution in [0.4, 0.5) is 5.69 Å². The van der Waals surface area contributed by atoms with Crippen molar-refractivity contribution in [1.82, 2.24) is 4.57 Å². The molecule has 2 aromatic rings. The highest BCUT2D eigenvalue weighted by molar-refractivity contribution is 9.10. The number of hydrogen-bond acceptors (Lipinski definition) is 3. The number of carbonyl (C=O) groups excluding carboxylic acids is 1. The number of nitrogens with one attached hydrogen (secondary N) is 1. The molecule has 1 aromatic carbocycles. The number of rotatable bonds is 4. The number of pyridine rings is 1. The lowest BCUT2D eigenvalue weighted by atomic mass is 10.2. The van der Waals surface area contributed by atoms with Gasteiger partial charge in [-0.1, -0.05) is 15.9 Å². The molecule has 0 spiro atoms. The largest absolute Gasteiger partial charge is 0.496 e. The molecule has 1 N–H and O–H groups in total. The summed E-state index contributed by atoms with van der Waals surface area (Å²) in [6.07, 6.45) is 1.62. The number of amides is 1. The fourth-order valence-corrected chi connectivity index (χ4v) is 2.24. The van der Waals surface area contributed by atoms with E-state index in [1.807, 2.05) is 6.92 Å². The zero-order valence-corrected chi connectivity index (χ0v) is 13.3. The molecule has 0 unspecified atom stereocenters. The van der Waals surface area contributed by atoms with Crippen molar-refractivity contribution in [3.05, 3.63) is 56.9 Å². The molecule has 2 rings (SSSR count). The lowest BCUT2D eigenvalue weighted by Crippen LogP contribution is -2.20. The Morgan fingerprint density at radius 2 is 2.10 bits per heavy atom. The number of aryl methyl sites for hydroxylation is 1. The third kappa shape index (κ3) is 3.52. The van der Waals surface area contributed by atoms with Crippen molar-refractivity contribution >= 4 is 27.5 Å². The number of halogens is 1. The molecule has 5 nitrogen and oxygen atoms in total. The number of nitrogens with zero attached hydrogens (tertiary/aromatic N) is 1. The Morgan fingerprint density at radius 3 is 2.76 bits per heavy atom. The Bertz CT molecular complexity index is 725. The Kier molecular flexibility index (Phi) is 4.80. The van der Waals surface area contributed by atoms with Crippen molar-refractivity contribution in [1.29, 1.82) is 0 Å². The van der Waals surface area contributed by atoms with Gasteiger partial charge >= 0.3 is 0 Å². The van der Waals surface area contributed by atoms with E-state index in [9.17, 15) is 9.59 Å². The molecule has 6 heteroatoms. The van der Waals surface area contributed by atoms with Crippen LogP contribution in [0.1, 0.15) is 17.3 Å². The Labute approximate surface area is 130 Å². The summed E-state index contributed by atoms with van der Waals surface area (Å²) in [4.78, 5) is 23.8. The van der Waals surface area contributed by atoms with Crippen LogP contribution in [0.5, 0.6) is 5.75 Å². The summed E-state index contributed by atoms with van der Waals surface area (Å²) in [5.41, 5.74) is 0.887. The van der Waals surface area contributed by atoms with E-state index >= 15 is 0 Å².